The molecule has 0 radical (unpaired) electrons. The van der Waals surface area contributed by atoms with Gasteiger partial charge in [-0.25, -0.2) is 0 Å². The monoisotopic (exact) mass is 100 g/mol. The quantitative estimate of drug-likeness (QED) is 0.446. The summed E-state index contributed by atoms with van der Waals surface area (Å²) in [5.74, 6) is 0.733. The summed E-state index contributed by atoms with van der Waals surface area (Å²) in [5, 5.41) is 1.89. The highest BCUT2D eigenvalue weighted by atomic mass is 32.2. The Bertz CT molecular complexity index is 119. The molecular weight excluding hydrogens is 94.1 g/mol. The zero-order chi connectivity index (χ0) is 5.11. The van der Waals surface area contributed by atoms with Crippen LogP contribution in [0.1, 0.15) is 1.37 Å². The highest BCUT2D eigenvalue weighted by Crippen LogP contribution is 2.02. The summed E-state index contributed by atoms with van der Waals surface area (Å²) in [5.41, 5.74) is 0. The van der Waals surface area contributed by atoms with Crippen LogP contribution in [-0.2, 0) is 0 Å². The van der Waals surface area contributed by atoms with Crippen molar-refractivity contribution in [3.05, 3.63) is 11.6 Å². The molecule has 0 aromatic rings. The number of hydrogen-bond donors (Lipinski definition) is 0. The standard InChI is InChI=1S/C4H5NS/c1-3-6-4-2-5-1/h1-3H,4H2/i2D. The molecule has 0 unspecified atom stereocenters. The molecule has 0 saturated heterocycles. The van der Waals surface area contributed by atoms with Crippen molar-refractivity contribution in [2.75, 3.05) is 5.75 Å². The van der Waals surface area contributed by atoms with Gasteiger partial charge in [0.05, 0.1) is 1.37 Å². The lowest BCUT2D eigenvalue weighted by Gasteiger charge is -1.87. The molecule has 0 fully saturated rings. The number of aliphatic imine (C=N–C) groups is 1. The van der Waals surface area contributed by atoms with Gasteiger partial charge < -0.3 is 0 Å². The molecule has 0 saturated carbocycles. The molecule has 0 aliphatic carbocycles. The fourth-order valence-electron chi connectivity index (χ4n) is 0.249. The zero-order valence-corrected chi connectivity index (χ0v) is 4.03. The minimum Gasteiger partial charge on any atom is -0.268 e. The second-order valence-corrected chi connectivity index (χ2v) is 1.78. The molecule has 1 nitrogen and oxygen atoms in total. The highest BCUT2D eigenvalue weighted by molar-refractivity contribution is 8.02. The van der Waals surface area contributed by atoms with Gasteiger partial charge in [-0.05, 0) is 5.41 Å². The van der Waals surface area contributed by atoms with Crippen LogP contribution in [-0.4, -0.2) is 11.9 Å². The van der Waals surface area contributed by atoms with Gasteiger partial charge in [0, 0.05) is 18.1 Å². The van der Waals surface area contributed by atoms with E-state index in [2.05, 4.69) is 4.99 Å². The molecule has 32 valence electrons. The second-order valence-electron chi connectivity index (χ2n) is 0.883. The van der Waals surface area contributed by atoms with E-state index in [1.807, 2.05) is 5.41 Å². The van der Waals surface area contributed by atoms with Crippen molar-refractivity contribution in [1.29, 1.82) is 0 Å². The van der Waals surface area contributed by atoms with Crippen molar-refractivity contribution in [3.63, 3.8) is 0 Å². The molecule has 6 heavy (non-hydrogen) atoms. The van der Waals surface area contributed by atoms with Crippen LogP contribution in [0.3, 0.4) is 0 Å². The summed E-state index contributed by atoms with van der Waals surface area (Å²) in [6.07, 6.45) is 2.11. The van der Waals surface area contributed by atoms with E-state index >= 15 is 0 Å². The van der Waals surface area contributed by atoms with Crippen LogP contribution >= 0.6 is 11.8 Å². The Kier molecular flexibility index (Phi) is 0.965. The molecule has 1 aliphatic rings. The first kappa shape index (κ1) is 2.86. The SMILES string of the molecule is [2H]C1=NC=CSC1. The molecule has 2 heteroatoms. The van der Waals surface area contributed by atoms with Crippen molar-refractivity contribution < 1.29 is 1.37 Å². The van der Waals surface area contributed by atoms with E-state index in [0.717, 1.165) is 5.75 Å². The van der Waals surface area contributed by atoms with Crippen LogP contribution < -0.4 is 0 Å². The molecule has 0 aromatic heterocycles. The van der Waals surface area contributed by atoms with E-state index in [1.165, 1.54) is 0 Å². The molecule has 0 bridgehead atoms. The molecule has 1 rings (SSSR count). The smallest absolute Gasteiger partial charge is 0.0800 e. The van der Waals surface area contributed by atoms with Gasteiger partial charge in [0.1, 0.15) is 0 Å². The minimum absolute atomic E-state index is 0.465. The Morgan fingerprint density at radius 1 is 2.00 bits per heavy atom. The Hall–Kier alpha value is -0.240. The second kappa shape index (κ2) is 2.03. The van der Waals surface area contributed by atoms with Gasteiger partial charge in [-0.15, -0.1) is 11.8 Å². The Balaban J connectivity index is 2.57. The molecule has 0 spiro atoms. The molecule has 0 N–H and O–H groups in total. The van der Waals surface area contributed by atoms with Gasteiger partial charge in [-0.1, -0.05) is 0 Å². The molecule has 0 aromatic carbocycles. The lowest BCUT2D eigenvalue weighted by Crippen LogP contribution is -1.77. The van der Waals surface area contributed by atoms with E-state index in [9.17, 15) is 0 Å². The Morgan fingerprint density at radius 2 is 3.00 bits per heavy atom. The van der Waals surface area contributed by atoms with Crippen LogP contribution in [0.5, 0.6) is 0 Å². The molecule has 1 heterocycles. The average Bonchev–Trinajstić information content (AvgIpc) is 1.69. The topological polar surface area (TPSA) is 12.4 Å². The third kappa shape index (κ3) is 0.863. The number of nitrogens with zero attached hydrogens (tertiary/aromatic N) is 1. The van der Waals surface area contributed by atoms with E-state index in [0.29, 0.717) is 6.19 Å². The number of rotatable bonds is 0. The van der Waals surface area contributed by atoms with Gasteiger partial charge in [-0.3, -0.25) is 4.99 Å². The maximum Gasteiger partial charge on any atom is 0.0800 e. The van der Waals surface area contributed by atoms with Crippen LogP contribution in [0.15, 0.2) is 16.6 Å². The summed E-state index contributed by atoms with van der Waals surface area (Å²) in [6, 6.07) is 0. The fraction of sp³-hybridized carbons (Fsp3) is 0.250. The van der Waals surface area contributed by atoms with Gasteiger partial charge in [0.2, 0.25) is 0 Å². The molecule has 1 aliphatic heterocycles. The van der Waals surface area contributed by atoms with Crippen LogP contribution in [0.25, 0.3) is 0 Å². The van der Waals surface area contributed by atoms with E-state index in [1.54, 1.807) is 18.0 Å². The van der Waals surface area contributed by atoms with Crippen LogP contribution in [0, 0.1) is 0 Å². The van der Waals surface area contributed by atoms with Crippen molar-refractivity contribution in [3.8, 4) is 0 Å². The zero-order valence-electron chi connectivity index (χ0n) is 4.22. The first-order valence-corrected chi connectivity index (χ1v) is 2.74. The number of hydrogen-bond acceptors (Lipinski definition) is 2. The number of thioether (sulfide) groups is 1. The fourth-order valence-corrected chi connectivity index (χ4v) is 0.641. The predicted octanol–water partition coefficient (Wildman–Crippen LogP) is 1.28. The largest absolute Gasteiger partial charge is 0.268 e. The Morgan fingerprint density at radius 3 is 3.33 bits per heavy atom. The molecule has 0 atom stereocenters. The van der Waals surface area contributed by atoms with Crippen LogP contribution in [0.4, 0.5) is 0 Å². The summed E-state index contributed by atoms with van der Waals surface area (Å²) in [4.78, 5) is 3.71. The van der Waals surface area contributed by atoms with Crippen molar-refractivity contribution in [2.24, 2.45) is 4.99 Å². The normalized spacial score (nSPS) is 22.7. The summed E-state index contributed by atoms with van der Waals surface area (Å²) in [6.45, 7) is 0. The predicted molar refractivity (Wildman–Crippen MR) is 30.1 cm³/mol. The Labute approximate surface area is 42.6 Å². The van der Waals surface area contributed by atoms with Crippen LogP contribution in [0.2, 0.25) is 0 Å². The van der Waals surface area contributed by atoms with Gasteiger partial charge >= 0.3 is 0 Å². The lowest BCUT2D eigenvalue weighted by molar-refractivity contribution is 1.59. The summed E-state index contributed by atoms with van der Waals surface area (Å²) >= 11 is 1.60. The summed E-state index contributed by atoms with van der Waals surface area (Å²) < 4.78 is 6.95. The van der Waals surface area contributed by atoms with E-state index < -0.39 is 0 Å². The summed E-state index contributed by atoms with van der Waals surface area (Å²) in [7, 11) is 0. The third-order valence-corrected chi connectivity index (χ3v) is 1.08. The van der Waals surface area contributed by atoms with Gasteiger partial charge in [0.25, 0.3) is 0 Å². The first-order chi connectivity index (χ1) is 3.39. The van der Waals surface area contributed by atoms with Gasteiger partial charge in [-0.2, -0.15) is 0 Å². The highest BCUT2D eigenvalue weighted by Gasteiger charge is 1.78. The minimum atomic E-state index is 0.465. The van der Waals surface area contributed by atoms with Crippen molar-refractivity contribution in [1.82, 2.24) is 0 Å². The maximum atomic E-state index is 6.95. The molecular formula is C4H5NS. The van der Waals surface area contributed by atoms with Crippen molar-refractivity contribution in [2.45, 2.75) is 0 Å². The van der Waals surface area contributed by atoms with Gasteiger partial charge in [0.15, 0.2) is 0 Å². The van der Waals surface area contributed by atoms with E-state index in [4.69, 9.17) is 1.37 Å². The first-order valence-electron chi connectivity index (χ1n) is 2.19. The average molecular weight is 100 g/mol. The maximum absolute atomic E-state index is 6.95. The lowest BCUT2D eigenvalue weighted by atomic mass is 10.8. The molecule has 0 amide bonds. The van der Waals surface area contributed by atoms with E-state index in [-0.39, 0.29) is 0 Å². The third-order valence-electron chi connectivity index (χ3n) is 0.471. The van der Waals surface area contributed by atoms with Crippen molar-refractivity contribution >= 4 is 18.0 Å².